The van der Waals surface area contributed by atoms with Gasteiger partial charge in [-0.05, 0) is 25.1 Å². The van der Waals surface area contributed by atoms with E-state index < -0.39 is 0 Å². The first kappa shape index (κ1) is 9.55. The fraction of sp³-hybridized carbons (Fsp3) is 0.333. The maximum absolute atomic E-state index is 9.36. The summed E-state index contributed by atoms with van der Waals surface area (Å²) in [6, 6.07) is 5.30. The van der Waals surface area contributed by atoms with E-state index in [0.29, 0.717) is 13.2 Å². The number of phenols is 1. The Morgan fingerprint density at radius 1 is 1.50 bits per heavy atom. The summed E-state index contributed by atoms with van der Waals surface area (Å²) in [6.45, 7) is 3.04. The lowest BCUT2D eigenvalue weighted by molar-refractivity contribution is 0.132. The highest BCUT2D eigenvalue weighted by Gasteiger charge is 2.00. The van der Waals surface area contributed by atoms with Gasteiger partial charge >= 0.3 is 0 Å². The number of benzene rings is 1. The summed E-state index contributed by atoms with van der Waals surface area (Å²) in [5.41, 5.74) is 0.811. The van der Waals surface area contributed by atoms with Gasteiger partial charge in [-0.2, -0.15) is 0 Å². The molecule has 2 nitrogen and oxygen atoms in total. The highest BCUT2D eigenvalue weighted by atomic mass is 79.9. The standard InChI is InChI=1S/C9H11BrO2/c1-2-12-6-7-5-8(10)3-4-9(7)11/h3-5,11H,2,6H2,1H3. The van der Waals surface area contributed by atoms with Crippen LogP contribution in [-0.4, -0.2) is 11.7 Å². The lowest BCUT2D eigenvalue weighted by atomic mass is 10.2. The zero-order chi connectivity index (χ0) is 8.97. The predicted octanol–water partition coefficient (Wildman–Crippen LogP) is 2.69. The normalized spacial score (nSPS) is 10.2. The number of rotatable bonds is 3. The minimum absolute atomic E-state index is 0.284. The van der Waals surface area contributed by atoms with Crippen molar-refractivity contribution in [2.45, 2.75) is 13.5 Å². The van der Waals surface area contributed by atoms with Gasteiger partial charge in [0.25, 0.3) is 0 Å². The van der Waals surface area contributed by atoms with E-state index in [1.807, 2.05) is 13.0 Å². The van der Waals surface area contributed by atoms with Crippen molar-refractivity contribution in [1.29, 1.82) is 0 Å². The van der Waals surface area contributed by atoms with Crippen molar-refractivity contribution < 1.29 is 9.84 Å². The molecule has 0 saturated heterocycles. The summed E-state index contributed by atoms with van der Waals surface area (Å²) in [4.78, 5) is 0. The Morgan fingerprint density at radius 2 is 2.25 bits per heavy atom. The first-order valence-electron chi connectivity index (χ1n) is 3.79. The van der Waals surface area contributed by atoms with E-state index in [-0.39, 0.29) is 5.75 Å². The molecule has 0 saturated carbocycles. The molecule has 0 aliphatic carbocycles. The molecule has 0 spiro atoms. The van der Waals surface area contributed by atoms with Gasteiger partial charge in [0.05, 0.1) is 6.61 Å². The molecule has 66 valence electrons. The van der Waals surface area contributed by atoms with Gasteiger partial charge in [-0.25, -0.2) is 0 Å². The molecule has 0 amide bonds. The third kappa shape index (κ3) is 2.50. The van der Waals surface area contributed by atoms with Crippen LogP contribution in [0.1, 0.15) is 12.5 Å². The number of hydrogen-bond donors (Lipinski definition) is 1. The molecular formula is C9H11BrO2. The number of halogens is 1. The van der Waals surface area contributed by atoms with E-state index in [0.717, 1.165) is 10.0 Å². The second kappa shape index (κ2) is 4.48. The minimum atomic E-state index is 0.284. The Morgan fingerprint density at radius 3 is 2.92 bits per heavy atom. The predicted molar refractivity (Wildman–Crippen MR) is 51.1 cm³/mol. The molecule has 0 radical (unpaired) electrons. The van der Waals surface area contributed by atoms with Crippen molar-refractivity contribution in [2.75, 3.05) is 6.61 Å². The van der Waals surface area contributed by atoms with Crippen LogP contribution in [-0.2, 0) is 11.3 Å². The van der Waals surface area contributed by atoms with Crippen molar-refractivity contribution in [3.05, 3.63) is 28.2 Å². The molecule has 1 rings (SSSR count). The summed E-state index contributed by atoms with van der Waals surface area (Å²) < 4.78 is 6.13. The molecule has 1 N–H and O–H groups in total. The first-order chi connectivity index (χ1) is 5.74. The minimum Gasteiger partial charge on any atom is -0.508 e. The van der Waals surface area contributed by atoms with Gasteiger partial charge in [0, 0.05) is 16.6 Å². The van der Waals surface area contributed by atoms with Gasteiger partial charge in [-0.1, -0.05) is 15.9 Å². The van der Waals surface area contributed by atoms with Crippen LogP contribution in [0, 0.1) is 0 Å². The van der Waals surface area contributed by atoms with Gasteiger partial charge in [0.2, 0.25) is 0 Å². The van der Waals surface area contributed by atoms with E-state index in [2.05, 4.69) is 15.9 Å². The molecule has 0 aliphatic heterocycles. The van der Waals surface area contributed by atoms with E-state index in [4.69, 9.17) is 4.74 Å². The number of hydrogen-bond acceptors (Lipinski definition) is 2. The third-order valence-corrected chi connectivity index (χ3v) is 2.00. The van der Waals surface area contributed by atoms with E-state index in [1.54, 1.807) is 12.1 Å². The van der Waals surface area contributed by atoms with Crippen LogP contribution in [0.4, 0.5) is 0 Å². The molecule has 12 heavy (non-hydrogen) atoms. The molecule has 0 aromatic heterocycles. The molecule has 0 atom stereocenters. The van der Waals surface area contributed by atoms with Gasteiger partial charge in [-0.3, -0.25) is 0 Å². The monoisotopic (exact) mass is 230 g/mol. The Hall–Kier alpha value is -0.540. The van der Waals surface area contributed by atoms with Crippen molar-refractivity contribution in [3.63, 3.8) is 0 Å². The average molecular weight is 231 g/mol. The van der Waals surface area contributed by atoms with Crippen LogP contribution in [0.5, 0.6) is 5.75 Å². The zero-order valence-corrected chi connectivity index (χ0v) is 8.47. The Balaban J connectivity index is 2.75. The number of ether oxygens (including phenoxy) is 1. The Kier molecular flexibility index (Phi) is 3.56. The van der Waals surface area contributed by atoms with E-state index in [9.17, 15) is 5.11 Å². The fourth-order valence-corrected chi connectivity index (χ4v) is 1.29. The highest BCUT2D eigenvalue weighted by Crippen LogP contribution is 2.22. The molecule has 1 aromatic carbocycles. The molecule has 3 heteroatoms. The lowest BCUT2D eigenvalue weighted by Gasteiger charge is -2.04. The summed E-state index contributed by atoms with van der Waals surface area (Å²) >= 11 is 3.32. The largest absolute Gasteiger partial charge is 0.508 e. The Bertz CT molecular complexity index is 261. The molecule has 0 unspecified atom stereocenters. The van der Waals surface area contributed by atoms with Crippen LogP contribution in [0.2, 0.25) is 0 Å². The fourth-order valence-electron chi connectivity index (χ4n) is 0.882. The van der Waals surface area contributed by atoms with Gasteiger partial charge in [0.1, 0.15) is 5.75 Å². The molecule has 1 aromatic rings. The van der Waals surface area contributed by atoms with Crippen molar-refractivity contribution in [3.8, 4) is 5.75 Å². The summed E-state index contributed by atoms with van der Waals surface area (Å²) in [7, 11) is 0. The summed E-state index contributed by atoms with van der Waals surface area (Å²) in [6.07, 6.45) is 0. The molecule has 0 aliphatic rings. The first-order valence-corrected chi connectivity index (χ1v) is 4.58. The van der Waals surface area contributed by atoms with Gasteiger partial charge in [-0.15, -0.1) is 0 Å². The number of phenolic OH excluding ortho intramolecular Hbond substituents is 1. The SMILES string of the molecule is CCOCc1cc(Br)ccc1O. The van der Waals surface area contributed by atoms with Crippen LogP contribution >= 0.6 is 15.9 Å². The average Bonchev–Trinajstić information content (AvgIpc) is 2.07. The van der Waals surface area contributed by atoms with Crippen molar-refractivity contribution in [2.24, 2.45) is 0 Å². The molecule has 0 fully saturated rings. The topological polar surface area (TPSA) is 29.5 Å². The van der Waals surface area contributed by atoms with E-state index >= 15 is 0 Å². The molecular weight excluding hydrogens is 220 g/mol. The van der Waals surface area contributed by atoms with Gasteiger partial charge < -0.3 is 9.84 Å². The highest BCUT2D eigenvalue weighted by molar-refractivity contribution is 9.10. The van der Waals surface area contributed by atoms with Crippen molar-refractivity contribution in [1.82, 2.24) is 0 Å². The second-order valence-electron chi connectivity index (χ2n) is 2.41. The maximum Gasteiger partial charge on any atom is 0.121 e. The summed E-state index contributed by atoms with van der Waals surface area (Å²) in [5, 5.41) is 9.36. The van der Waals surface area contributed by atoms with Crippen LogP contribution in [0.15, 0.2) is 22.7 Å². The third-order valence-electron chi connectivity index (χ3n) is 1.50. The van der Waals surface area contributed by atoms with Crippen LogP contribution < -0.4 is 0 Å². The van der Waals surface area contributed by atoms with Gasteiger partial charge in [0.15, 0.2) is 0 Å². The smallest absolute Gasteiger partial charge is 0.121 e. The quantitative estimate of drug-likeness (QED) is 0.866. The van der Waals surface area contributed by atoms with Crippen LogP contribution in [0.3, 0.4) is 0 Å². The Labute approximate surface area is 80.3 Å². The summed E-state index contributed by atoms with van der Waals surface area (Å²) in [5.74, 6) is 0.284. The van der Waals surface area contributed by atoms with E-state index in [1.165, 1.54) is 0 Å². The molecule has 0 bridgehead atoms. The maximum atomic E-state index is 9.36. The zero-order valence-electron chi connectivity index (χ0n) is 6.88. The van der Waals surface area contributed by atoms with Crippen molar-refractivity contribution >= 4 is 15.9 Å². The number of aromatic hydroxyl groups is 1. The van der Waals surface area contributed by atoms with Crippen LogP contribution in [0.25, 0.3) is 0 Å². The molecule has 0 heterocycles. The lowest BCUT2D eigenvalue weighted by Crippen LogP contribution is -1.91. The second-order valence-corrected chi connectivity index (χ2v) is 3.33.